The lowest BCUT2D eigenvalue weighted by molar-refractivity contribution is -0.129. The summed E-state index contributed by atoms with van der Waals surface area (Å²) in [5, 5.41) is 10.4. The van der Waals surface area contributed by atoms with Crippen LogP contribution in [-0.4, -0.2) is 34.8 Å². The monoisotopic (exact) mass is 378 g/mol. The number of aliphatic hydroxyl groups is 1. The quantitative estimate of drug-likeness (QED) is 0.467. The molecule has 0 aliphatic rings. The summed E-state index contributed by atoms with van der Waals surface area (Å²) in [4.78, 5) is 18.9. The number of aliphatic imine (C=N–C) groups is 1. The summed E-state index contributed by atoms with van der Waals surface area (Å²) in [6, 6.07) is 0. The van der Waals surface area contributed by atoms with Gasteiger partial charge >= 0.3 is 0 Å². The Hall–Kier alpha value is -1.42. The molecule has 156 valence electrons. The van der Waals surface area contributed by atoms with Gasteiger partial charge in [0, 0.05) is 25.3 Å². The van der Waals surface area contributed by atoms with Crippen molar-refractivity contribution in [3.8, 4) is 0 Å². The van der Waals surface area contributed by atoms with Gasteiger partial charge in [-0.1, -0.05) is 46.1 Å². The lowest BCUT2D eigenvalue weighted by atomic mass is 9.92. The van der Waals surface area contributed by atoms with Crippen molar-refractivity contribution in [1.29, 1.82) is 0 Å². The standard InChI is InChI=1S/C23H42N2O2/c1-10-18(6)20(23(7,8)27)16-24-21(12-3)25(9)22(26)15-19(11-2)14-13-17(4)5/h12,16-17,19,27H,10-11,13-15H2,1-9H3/b20-18-,21-12+,24-16-. The molecule has 4 nitrogen and oxygen atoms in total. The Morgan fingerprint density at radius 1 is 1.22 bits per heavy atom. The van der Waals surface area contributed by atoms with E-state index in [-0.39, 0.29) is 5.91 Å². The minimum Gasteiger partial charge on any atom is -0.386 e. The van der Waals surface area contributed by atoms with Gasteiger partial charge in [-0.15, -0.1) is 0 Å². The van der Waals surface area contributed by atoms with E-state index in [9.17, 15) is 9.90 Å². The highest BCUT2D eigenvalue weighted by Crippen LogP contribution is 2.22. The minimum atomic E-state index is -0.963. The summed E-state index contributed by atoms with van der Waals surface area (Å²) in [6.07, 6.45) is 8.19. The van der Waals surface area contributed by atoms with E-state index in [2.05, 4.69) is 32.7 Å². The van der Waals surface area contributed by atoms with Crippen LogP contribution in [0.2, 0.25) is 0 Å². The summed E-state index contributed by atoms with van der Waals surface area (Å²) in [7, 11) is 1.78. The van der Waals surface area contributed by atoms with Gasteiger partial charge in [0.15, 0.2) is 0 Å². The zero-order valence-corrected chi connectivity index (χ0v) is 19.1. The molecule has 0 aliphatic heterocycles. The van der Waals surface area contributed by atoms with E-state index in [1.54, 1.807) is 32.0 Å². The van der Waals surface area contributed by atoms with Crippen LogP contribution in [0.1, 0.15) is 87.5 Å². The number of carbonyl (C=O) groups is 1. The van der Waals surface area contributed by atoms with Gasteiger partial charge in [-0.25, -0.2) is 4.99 Å². The van der Waals surface area contributed by atoms with Gasteiger partial charge in [0.05, 0.1) is 5.60 Å². The zero-order valence-electron chi connectivity index (χ0n) is 19.1. The Morgan fingerprint density at radius 3 is 2.22 bits per heavy atom. The molecule has 1 unspecified atom stereocenters. The number of hydrogen-bond acceptors (Lipinski definition) is 3. The molecule has 4 heteroatoms. The smallest absolute Gasteiger partial charge is 0.228 e. The molecule has 27 heavy (non-hydrogen) atoms. The second-order valence-electron chi connectivity index (χ2n) is 8.41. The van der Waals surface area contributed by atoms with Gasteiger partial charge in [0.1, 0.15) is 5.82 Å². The van der Waals surface area contributed by atoms with E-state index in [1.165, 1.54) is 0 Å². The average molecular weight is 379 g/mol. The topological polar surface area (TPSA) is 52.9 Å². The van der Waals surface area contributed by atoms with Crippen molar-refractivity contribution in [2.24, 2.45) is 16.8 Å². The number of allylic oxidation sites excluding steroid dienone is 2. The van der Waals surface area contributed by atoms with Crippen LogP contribution in [-0.2, 0) is 4.79 Å². The molecular weight excluding hydrogens is 336 g/mol. The van der Waals surface area contributed by atoms with Crippen LogP contribution in [0.5, 0.6) is 0 Å². The average Bonchev–Trinajstić information content (AvgIpc) is 2.59. The minimum absolute atomic E-state index is 0.0943. The van der Waals surface area contributed by atoms with Gasteiger partial charge in [0.25, 0.3) is 0 Å². The second-order valence-corrected chi connectivity index (χ2v) is 8.41. The molecule has 0 spiro atoms. The maximum atomic E-state index is 12.7. The number of hydrogen-bond donors (Lipinski definition) is 1. The molecule has 0 rings (SSSR count). The molecule has 0 aromatic carbocycles. The first kappa shape index (κ1) is 25.6. The molecular formula is C23H42N2O2. The van der Waals surface area contributed by atoms with Crippen molar-refractivity contribution in [1.82, 2.24) is 4.90 Å². The Balaban J connectivity index is 5.24. The van der Waals surface area contributed by atoms with Crippen molar-refractivity contribution >= 4 is 12.1 Å². The molecule has 0 radical (unpaired) electrons. The molecule has 0 fully saturated rings. The Morgan fingerprint density at radius 2 is 1.81 bits per heavy atom. The highest BCUT2D eigenvalue weighted by molar-refractivity contribution is 5.84. The summed E-state index contributed by atoms with van der Waals surface area (Å²) >= 11 is 0. The molecule has 0 bridgehead atoms. The van der Waals surface area contributed by atoms with E-state index >= 15 is 0 Å². The number of amides is 1. The Bertz CT molecular complexity index is 551. The third-order valence-electron chi connectivity index (χ3n) is 5.14. The van der Waals surface area contributed by atoms with Gasteiger partial charge in [-0.2, -0.15) is 0 Å². The van der Waals surface area contributed by atoms with E-state index in [4.69, 9.17) is 0 Å². The molecule has 1 amide bonds. The van der Waals surface area contributed by atoms with E-state index in [1.807, 2.05) is 19.9 Å². The molecule has 0 aliphatic carbocycles. The van der Waals surface area contributed by atoms with Crippen LogP contribution in [0.4, 0.5) is 0 Å². The first-order valence-corrected chi connectivity index (χ1v) is 10.4. The molecule has 1 atom stereocenters. The normalized spacial score (nSPS) is 15.3. The SMILES string of the molecule is C\C=C(/N=C\C(=C(/C)CC)C(C)(C)O)N(C)C(=O)CC(CC)CCC(C)C. The molecule has 0 saturated carbocycles. The van der Waals surface area contributed by atoms with E-state index in [0.717, 1.165) is 36.8 Å². The Kier molecular flexibility index (Phi) is 11.5. The highest BCUT2D eigenvalue weighted by Gasteiger charge is 2.21. The van der Waals surface area contributed by atoms with Crippen LogP contribution in [0.3, 0.4) is 0 Å². The summed E-state index contributed by atoms with van der Waals surface area (Å²) in [5.41, 5.74) is 0.929. The van der Waals surface area contributed by atoms with Crippen molar-refractivity contribution < 1.29 is 9.90 Å². The fourth-order valence-electron chi connectivity index (χ4n) is 3.00. The van der Waals surface area contributed by atoms with Crippen LogP contribution >= 0.6 is 0 Å². The number of nitrogens with zero attached hydrogens (tertiary/aromatic N) is 2. The Labute approximate surface area is 167 Å². The van der Waals surface area contributed by atoms with Crippen LogP contribution < -0.4 is 0 Å². The molecule has 1 N–H and O–H groups in total. The predicted octanol–water partition coefficient (Wildman–Crippen LogP) is 5.73. The summed E-state index contributed by atoms with van der Waals surface area (Å²) < 4.78 is 0. The second kappa shape index (κ2) is 12.1. The first-order valence-electron chi connectivity index (χ1n) is 10.4. The van der Waals surface area contributed by atoms with E-state index in [0.29, 0.717) is 24.1 Å². The molecule has 0 saturated heterocycles. The van der Waals surface area contributed by atoms with Crippen molar-refractivity contribution in [3.63, 3.8) is 0 Å². The highest BCUT2D eigenvalue weighted by atomic mass is 16.3. The van der Waals surface area contributed by atoms with E-state index < -0.39 is 5.60 Å². The first-order chi connectivity index (χ1) is 12.5. The molecule has 0 aromatic heterocycles. The van der Waals surface area contributed by atoms with Crippen molar-refractivity contribution in [2.75, 3.05) is 7.05 Å². The maximum absolute atomic E-state index is 12.7. The van der Waals surface area contributed by atoms with Gasteiger partial charge < -0.3 is 10.0 Å². The van der Waals surface area contributed by atoms with Crippen LogP contribution in [0.15, 0.2) is 28.0 Å². The third-order valence-corrected chi connectivity index (χ3v) is 5.14. The van der Waals surface area contributed by atoms with Gasteiger partial charge in [0.2, 0.25) is 5.91 Å². The number of rotatable bonds is 11. The molecule has 0 heterocycles. The summed E-state index contributed by atoms with van der Waals surface area (Å²) in [5.74, 6) is 1.79. The lowest BCUT2D eigenvalue weighted by Gasteiger charge is -2.23. The fraction of sp³-hybridized carbons (Fsp3) is 0.739. The largest absolute Gasteiger partial charge is 0.386 e. The third kappa shape index (κ3) is 9.37. The lowest BCUT2D eigenvalue weighted by Crippen LogP contribution is -2.28. The maximum Gasteiger partial charge on any atom is 0.228 e. The fourth-order valence-corrected chi connectivity index (χ4v) is 3.00. The zero-order chi connectivity index (χ0) is 21.2. The van der Waals surface area contributed by atoms with Gasteiger partial charge in [-0.05, 0) is 58.4 Å². The van der Waals surface area contributed by atoms with Crippen LogP contribution in [0.25, 0.3) is 0 Å². The van der Waals surface area contributed by atoms with Crippen molar-refractivity contribution in [2.45, 2.75) is 93.1 Å². The predicted molar refractivity (Wildman–Crippen MR) is 117 cm³/mol. The van der Waals surface area contributed by atoms with Crippen LogP contribution in [0, 0.1) is 11.8 Å². The number of carbonyl (C=O) groups excluding carboxylic acids is 1. The van der Waals surface area contributed by atoms with Gasteiger partial charge in [-0.3, -0.25) is 4.79 Å². The summed E-state index contributed by atoms with van der Waals surface area (Å²) in [6.45, 7) is 16.1. The van der Waals surface area contributed by atoms with Crippen molar-refractivity contribution in [3.05, 3.63) is 23.0 Å². The molecule has 0 aromatic rings.